The van der Waals surface area contributed by atoms with Crippen molar-refractivity contribution < 1.29 is 9.15 Å². The van der Waals surface area contributed by atoms with Gasteiger partial charge in [0, 0.05) is 6.61 Å². The normalized spacial score (nSPS) is 28.1. The maximum atomic E-state index is 5.60. The molecule has 1 aliphatic rings. The average molecular weight is 181 g/mol. The van der Waals surface area contributed by atoms with E-state index in [9.17, 15) is 0 Å². The first-order valence-corrected chi connectivity index (χ1v) is 4.69. The second kappa shape index (κ2) is 3.52. The van der Waals surface area contributed by atoms with E-state index >= 15 is 0 Å². The number of nitrogens with two attached hydrogens (primary N) is 1. The largest absolute Gasteiger partial charge is 0.469 e. The average Bonchev–Trinajstić information content (AvgIpc) is 2.73. The summed E-state index contributed by atoms with van der Waals surface area (Å²) in [7, 11) is 0. The van der Waals surface area contributed by atoms with Gasteiger partial charge in [0.25, 0.3) is 0 Å². The fourth-order valence-corrected chi connectivity index (χ4v) is 1.98. The van der Waals surface area contributed by atoms with Crippen molar-refractivity contribution in [3.63, 3.8) is 0 Å². The summed E-state index contributed by atoms with van der Waals surface area (Å²) in [4.78, 5) is 0. The molecule has 0 spiro atoms. The molecule has 1 atom stereocenters. The zero-order chi connectivity index (χ0) is 9.15. The number of ether oxygens (including phenoxy) is 1. The molecule has 1 aromatic heterocycles. The van der Waals surface area contributed by atoms with E-state index in [1.54, 1.807) is 6.26 Å². The minimum Gasteiger partial charge on any atom is -0.469 e. The van der Waals surface area contributed by atoms with Gasteiger partial charge < -0.3 is 14.9 Å². The third kappa shape index (κ3) is 1.49. The van der Waals surface area contributed by atoms with Gasteiger partial charge in [-0.3, -0.25) is 0 Å². The first-order chi connectivity index (χ1) is 6.37. The first-order valence-electron chi connectivity index (χ1n) is 4.69. The maximum Gasteiger partial charge on any atom is 0.112 e. The van der Waals surface area contributed by atoms with Gasteiger partial charge in [0.1, 0.15) is 5.76 Å². The van der Waals surface area contributed by atoms with Gasteiger partial charge in [0.2, 0.25) is 0 Å². The highest BCUT2D eigenvalue weighted by atomic mass is 16.5. The SMILES string of the molecule is NCCC1(c2ccco2)CCOC1. The lowest BCUT2D eigenvalue weighted by Gasteiger charge is -2.23. The lowest BCUT2D eigenvalue weighted by molar-refractivity contribution is 0.167. The van der Waals surface area contributed by atoms with E-state index < -0.39 is 0 Å². The second-order valence-electron chi connectivity index (χ2n) is 3.60. The predicted molar refractivity (Wildman–Crippen MR) is 49.5 cm³/mol. The fourth-order valence-electron chi connectivity index (χ4n) is 1.98. The minimum atomic E-state index is 0.0538. The molecule has 0 amide bonds. The molecular formula is C10H15NO2. The van der Waals surface area contributed by atoms with E-state index in [2.05, 4.69) is 0 Å². The van der Waals surface area contributed by atoms with Crippen molar-refractivity contribution in [1.29, 1.82) is 0 Å². The summed E-state index contributed by atoms with van der Waals surface area (Å²) >= 11 is 0. The summed E-state index contributed by atoms with van der Waals surface area (Å²) in [5.41, 5.74) is 5.66. The van der Waals surface area contributed by atoms with Gasteiger partial charge >= 0.3 is 0 Å². The Hall–Kier alpha value is -0.800. The topological polar surface area (TPSA) is 48.4 Å². The summed E-state index contributed by atoms with van der Waals surface area (Å²) in [5.74, 6) is 1.02. The Labute approximate surface area is 77.9 Å². The van der Waals surface area contributed by atoms with Crippen molar-refractivity contribution in [2.24, 2.45) is 5.73 Å². The molecule has 0 bridgehead atoms. The van der Waals surface area contributed by atoms with Crippen LogP contribution in [0.4, 0.5) is 0 Å². The molecule has 1 aromatic rings. The van der Waals surface area contributed by atoms with Crippen molar-refractivity contribution in [2.75, 3.05) is 19.8 Å². The Bertz CT molecular complexity index is 250. The van der Waals surface area contributed by atoms with Crippen LogP contribution >= 0.6 is 0 Å². The molecule has 1 saturated heterocycles. The predicted octanol–water partition coefficient (Wildman–Crippen LogP) is 1.29. The van der Waals surface area contributed by atoms with Crippen LogP contribution < -0.4 is 5.73 Å². The molecule has 2 heterocycles. The van der Waals surface area contributed by atoms with E-state index in [1.807, 2.05) is 12.1 Å². The highest BCUT2D eigenvalue weighted by Crippen LogP contribution is 2.36. The van der Waals surface area contributed by atoms with Gasteiger partial charge in [0.15, 0.2) is 0 Å². The molecule has 3 heteroatoms. The molecule has 13 heavy (non-hydrogen) atoms. The summed E-state index contributed by atoms with van der Waals surface area (Å²) < 4.78 is 10.9. The molecule has 1 aliphatic heterocycles. The Morgan fingerprint density at radius 2 is 2.46 bits per heavy atom. The molecule has 1 unspecified atom stereocenters. The Morgan fingerprint density at radius 1 is 1.54 bits per heavy atom. The van der Waals surface area contributed by atoms with Crippen molar-refractivity contribution >= 4 is 0 Å². The number of hydrogen-bond donors (Lipinski definition) is 1. The number of furan rings is 1. The van der Waals surface area contributed by atoms with Gasteiger partial charge in [0.05, 0.1) is 18.3 Å². The molecule has 1 fully saturated rings. The maximum absolute atomic E-state index is 5.60. The quantitative estimate of drug-likeness (QED) is 0.764. The highest BCUT2D eigenvalue weighted by molar-refractivity contribution is 5.15. The third-order valence-electron chi connectivity index (χ3n) is 2.77. The third-order valence-corrected chi connectivity index (χ3v) is 2.77. The van der Waals surface area contributed by atoms with Crippen molar-refractivity contribution in [1.82, 2.24) is 0 Å². The monoisotopic (exact) mass is 181 g/mol. The zero-order valence-electron chi connectivity index (χ0n) is 7.66. The summed E-state index contributed by atoms with van der Waals surface area (Å²) in [6, 6.07) is 3.94. The van der Waals surface area contributed by atoms with E-state index in [4.69, 9.17) is 14.9 Å². The second-order valence-corrected chi connectivity index (χ2v) is 3.60. The van der Waals surface area contributed by atoms with Crippen LogP contribution in [0, 0.1) is 0 Å². The van der Waals surface area contributed by atoms with Crippen LogP contribution in [-0.2, 0) is 10.2 Å². The Morgan fingerprint density at radius 3 is 3.00 bits per heavy atom. The molecule has 2 N–H and O–H groups in total. The lowest BCUT2D eigenvalue weighted by Crippen LogP contribution is -2.29. The van der Waals surface area contributed by atoms with E-state index in [-0.39, 0.29) is 5.41 Å². The molecule has 72 valence electrons. The summed E-state index contributed by atoms with van der Waals surface area (Å²) in [6.45, 7) is 2.25. The van der Waals surface area contributed by atoms with Crippen LogP contribution in [0.1, 0.15) is 18.6 Å². The van der Waals surface area contributed by atoms with Gasteiger partial charge in [-0.1, -0.05) is 0 Å². The molecule has 2 rings (SSSR count). The van der Waals surface area contributed by atoms with Crippen LogP contribution in [0.15, 0.2) is 22.8 Å². The lowest BCUT2D eigenvalue weighted by atomic mass is 9.81. The van der Waals surface area contributed by atoms with Crippen LogP contribution in [-0.4, -0.2) is 19.8 Å². The molecule has 3 nitrogen and oxygen atoms in total. The fraction of sp³-hybridized carbons (Fsp3) is 0.600. The van der Waals surface area contributed by atoms with E-state index in [0.29, 0.717) is 6.54 Å². The van der Waals surface area contributed by atoms with Gasteiger partial charge in [-0.05, 0) is 31.5 Å². The van der Waals surface area contributed by atoms with Gasteiger partial charge in [-0.15, -0.1) is 0 Å². The Kier molecular flexibility index (Phi) is 2.38. The van der Waals surface area contributed by atoms with E-state index in [0.717, 1.165) is 31.8 Å². The molecule has 0 aromatic carbocycles. The van der Waals surface area contributed by atoms with Crippen LogP contribution in [0.3, 0.4) is 0 Å². The number of hydrogen-bond acceptors (Lipinski definition) is 3. The smallest absolute Gasteiger partial charge is 0.112 e. The number of rotatable bonds is 3. The molecule has 0 saturated carbocycles. The standard InChI is InChI=1S/C10H15NO2/c11-5-3-10(4-7-12-8-10)9-2-1-6-13-9/h1-2,6H,3-5,7-8,11H2. The van der Waals surface area contributed by atoms with E-state index in [1.165, 1.54) is 0 Å². The molecule has 0 aliphatic carbocycles. The van der Waals surface area contributed by atoms with Crippen molar-refractivity contribution in [3.8, 4) is 0 Å². The van der Waals surface area contributed by atoms with Gasteiger partial charge in [-0.25, -0.2) is 0 Å². The minimum absolute atomic E-state index is 0.0538. The van der Waals surface area contributed by atoms with Crippen LogP contribution in [0.2, 0.25) is 0 Å². The summed E-state index contributed by atoms with van der Waals surface area (Å²) in [6.07, 6.45) is 3.68. The van der Waals surface area contributed by atoms with Crippen LogP contribution in [0.5, 0.6) is 0 Å². The van der Waals surface area contributed by atoms with Crippen molar-refractivity contribution in [2.45, 2.75) is 18.3 Å². The first kappa shape index (κ1) is 8.78. The van der Waals surface area contributed by atoms with Crippen molar-refractivity contribution in [3.05, 3.63) is 24.2 Å². The van der Waals surface area contributed by atoms with Crippen LogP contribution in [0.25, 0.3) is 0 Å². The summed E-state index contributed by atoms with van der Waals surface area (Å²) in [5, 5.41) is 0. The molecular weight excluding hydrogens is 166 g/mol. The zero-order valence-corrected chi connectivity index (χ0v) is 7.66. The highest BCUT2D eigenvalue weighted by Gasteiger charge is 2.38. The van der Waals surface area contributed by atoms with Gasteiger partial charge in [-0.2, -0.15) is 0 Å². The molecule has 0 radical (unpaired) electrons. The Balaban J connectivity index is 2.22.